The summed E-state index contributed by atoms with van der Waals surface area (Å²) in [6.07, 6.45) is 1.66. The Morgan fingerprint density at radius 2 is 1.71 bits per heavy atom. The van der Waals surface area contributed by atoms with Crippen LogP contribution in [-0.4, -0.2) is 44.4 Å². The van der Waals surface area contributed by atoms with Crippen LogP contribution < -0.4 is 24.4 Å². The number of esters is 2. The van der Waals surface area contributed by atoms with Gasteiger partial charge in [-0.25, -0.2) is 14.6 Å². The smallest absolute Gasteiger partial charge is 0.338 e. The summed E-state index contributed by atoms with van der Waals surface area (Å²) in [5, 5.41) is 0. The van der Waals surface area contributed by atoms with Crippen LogP contribution in [0.1, 0.15) is 45.8 Å². The van der Waals surface area contributed by atoms with E-state index in [4.69, 9.17) is 28.4 Å². The molecular weight excluding hydrogens is 632 g/mol. The van der Waals surface area contributed by atoms with Crippen LogP contribution in [0.4, 0.5) is 0 Å². The molecule has 0 unspecified atom stereocenters. The van der Waals surface area contributed by atoms with Crippen molar-refractivity contribution in [3.63, 3.8) is 0 Å². The van der Waals surface area contributed by atoms with Crippen LogP contribution in [0, 0.1) is 6.92 Å². The number of benzene rings is 3. The average Bonchev–Trinajstić information content (AvgIpc) is 3.70. The molecule has 244 valence electrons. The third kappa shape index (κ3) is 5.95. The number of methoxy groups -OCH3 is 3. The van der Waals surface area contributed by atoms with Gasteiger partial charge < -0.3 is 23.4 Å². The number of hydrogen-bond donors (Lipinski definition) is 0. The van der Waals surface area contributed by atoms with Crippen LogP contribution in [0.15, 0.2) is 98.6 Å². The summed E-state index contributed by atoms with van der Waals surface area (Å²) in [6.45, 7) is 3.74. The van der Waals surface area contributed by atoms with Gasteiger partial charge in [-0.2, -0.15) is 0 Å². The van der Waals surface area contributed by atoms with Gasteiger partial charge in [-0.15, -0.1) is 0 Å². The van der Waals surface area contributed by atoms with Gasteiger partial charge in [0.2, 0.25) is 0 Å². The molecule has 3 heterocycles. The molecule has 0 amide bonds. The van der Waals surface area contributed by atoms with Crippen LogP contribution >= 0.6 is 11.3 Å². The van der Waals surface area contributed by atoms with E-state index in [9.17, 15) is 14.4 Å². The second-order valence-electron chi connectivity index (χ2n) is 10.8. The van der Waals surface area contributed by atoms with E-state index in [0.29, 0.717) is 54.7 Å². The highest BCUT2D eigenvalue weighted by Crippen LogP contribution is 2.38. The van der Waals surface area contributed by atoms with Gasteiger partial charge in [0.05, 0.1) is 55.3 Å². The van der Waals surface area contributed by atoms with Crippen molar-refractivity contribution in [3.8, 4) is 22.8 Å². The van der Waals surface area contributed by atoms with E-state index >= 15 is 0 Å². The Bertz CT molecular complexity index is 2240. The van der Waals surface area contributed by atoms with E-state index in [1.54, 1.807) is 55.5 Å². The van der Waals surface area contributed by atoms with Crippen LogP contribution in [-0.2, 0) is 14.3 Å². The van der Waals surface area contributed by atoms with E-state index in [0.717, 1.165) is 11.1 Å². The summed E-state index contributed by atoms with van der Waals surface area (Å²) in [7, 11) is 4.40. The Morgan fingerprint density at radius 1 is 0.938 bits per heavy atom. The Morgan fingerprint density at radius 3 is 2.40 bits per heavy atom. The van der Waals surface area contributed by atoms with Gasteiger partial charge in [0.1, 0.15) is 11.5 Å². The zero-order chi connectivity index (χ0) is 33.9. The number of hydrogen-bond acceptors (Lipinski definition) is 10. The number of aromatic nitrogens is 1. The maximum atomic E-state index is 14.3. The number of furan rings is 1. The van der Waals surface area contributed by atoms with Crippen molar-refractivity contribution < 1.29 is 33.0 Å². The van der Waals surface area contributed by atoms with E-state index < -0.39 is 18.0 Å². The summed E-state index contributed by atoms with van der Waals surface area (Å²) >= 11 is 1.19. The molecule has 6 rings (SSSR count). The number of rotatable bonds is 9. The topological polar surface area (TPSA) is 119 Å². The molecule has 0 saturated heterocycles. The molecule has 0 saturated carbocycles. The normalized spacial score (nSPS) is 14.3. The quantitative estimate of drug-likeness (QED) is 0.195. The summed E-state index contributed by atoms with van der Waals surface area (Å²) < 4.78 is 29.5. The summed E-state index contributed by atoms with van der Waals surface area (Å²) in [5.41, 5.74) is 3.65. The van der Waals surface area contributed by atoms with Crippen molar-refractivity contribution in [2.24, 2.45) is 4.99 Å². The van der Waals surface area contributed by atoms with Gasteiger partial charge in [-0.05, 0) is 61.4 Å². The van der Waals surface area contributed by atoms with Gasteiger partial charge in [-0.1, -0.05) is 53.8 Å². The molecule has 0 N–H and O–H groups in total. The highest BCUT2D eigenvalue weighted by atomic mass is 32.1. The lowest BCUT2D eigenvalue weighted by Crippen LogP contribution is -2.40. The predicted molar refractivity (Wildman–Crippen MR) is 181 cm³/mol. The average molecular weight is 665 g/mol. The van der Waals surface area contributed by atoms with Crippen molar-refractivity contribution in [2.45, 2.75) is 19.9 Å². The molecule has 0 aliphatic carbocycles. The summed E-state index contributed by atoms with van der Waals surface area (Å²) in [5.74, 6) is 0.954. The first-order valence-electron chi connectivity index (χ1n) is 15.1. The number of ether oxygens (including phenoxy) is 4. The minimum absolute atomic E-state index is 0.138. The first kappa shape index (κ1) is 32.3. The van der Waals surface area contributed by atoms with Gasteiger partial charge in [0, 0.05) is 17.2 Å². The van der Waals surface area contributed by atoms with Gasteiger partial charge in [0.15, 0.2) is 16.3 Å². The zero-order valence-electron chi connectivity index (χ0n) is 26.9. The third-order valence-electron chi connectivity index (χ3n) is 7.91. The number of fused-ring (bicyclic) bond motifs is 1. The van der Waals surface area contributed by atoms with Gasteiger partial charge in [0.25, 0.3) is 5.56 Å². The number of aryl methyl sites for hydroxylation is 1. The van der Waals surface area contributed by atoms with E-state index in [-0.39, 0.29) is 17.7 Å². The Hall–Kier alpha value is -5.68. The minimum atomic E-state index is -0.888. The molecule has 5 aromatic rings. The molecule has 11 heteroatoms. The number of carbonyl (C=O) groups excluding carboxylic acids is 2. The molecule has 3 aromatic carbocycles. The molecule has 0 radical (unpaired) electrons. The molecule has 2 aromatic heterocycles. The highest BCUT2D eigenvalue weighted by Gasteiger charge is 2.35. The maximum absolute atomic E-state index is 14.3. The fraction of sp³-hybridized carbons (Fsp3) is 0.189. The molecule has 1 atom stereocenters. The van der Waals surface area contributed by atoms with Crippen LogP contribution in [0.5, 0.6) is 11.5 Å². The summed E-state index contributed by atoms with van der Waals surface area (Å²) in [6, 6.07) is 22.5. The van der Waals surface area contributed by atoms with Crippen molar-refractivity contribution in [1.29, 1.82) is 0 Å². The van der Waals surface area contributed by atoms with Crippen molar-refractivity contribution in [3.05, 3.63) is 132 Å². The standard InChI is InChI=1S/C37H32N2O8S/c1-6-46-36(42)31-32(22-10-8-7-9-11-22)38-37-39(33(31)23-13-16-28(43-3)29(19-23)44-4)34(40)30(48-37)20-25-14-17-27(47-25)26-15-12-24(18-21(26)2)35(41)45-5/h7-20,33H,6H2,1-5H3/b30-20+/t33-/m0/s1. The maximum Gasteiger partial charge on any atom is 0.338 e. The molecule has 1 aliphatic rings. The van der Waals surface area contributed by atoms with Crippen LogP contribution in [0.3, 0.4) is 0 Å². The summed E-state index contributed by atoms with van der Waals surface area (Å²) in [4.78, 5) is 45.3. The molecule has 10 nitrogen and oxygen atoms in total. The SMILES string of the molecule is CCOC(=O)C1=C(c2ccccc2)N=c2s/c(=C/c3ccc(-c4ccc(C(=O)OC)cc4C)o3)c(=O)n2[C@H]1c1ccc(OC)c(OC)c1. The van der Waals surface area contributed by atoms with Crippen molar-refractivity contribution in [1.82, 2.24) is 4.57 Å². The monoisotopic (exact) mass is 664 g/mol. The number of thiazole rings is 1. The first-order chi connectivity index (χ1) is 23.3. The lowest BCUT2D eigenvalue weighted by molar-refractivity contribution is -0.138. The third-order valence-corrected chi connectivity index (χ3v) is 8.89. The lowest BCUT2D eigenvalue weighted by atomic mass is 9.93. The molecule has 1 aliphatic heterocycles. The fourth-order valence-electron chi connectivity index (χ4n) is 5.67. The first-order valence-corrected chi connectivity index (χ1v) is 15.9. The van der Waals surface area contributed by atoms with Crippen LogP contribution in [0.25, 0.3) is 23.1 Å². The zero-order valence-corrected chi connectivity index (χ0v) is 27.8. The Kier molecular flexibility index (Phi) is 9.13. The van der Waals surface area contributed by atoms with E-state index in [1.807, 2.05) is 43.3 Å². The largest absolute Gasteiger partial charge is 0.493 e. The molecular formula is C37H32N2O8S. The van der Waals surface area contributed by atoms with E-state index in [1.165, 1.54) is 37.2 Å². The molecule has 0 spiro atoms. The fourth-order valence-corrected chi connectivity index (χ4v) is 6.65. The van der Waals surface area contributed by atoms with Crippen molar-refractivity contribution in [2.75, 3.05) is 27.9 Å². The van der Waals surface area contributed by atoms with Crippen molar-refractivity contribution >= 4 is 35.0 Å². The Labute approximate surface area is 279 Å². The van der Waals surface area contributed by atoms with Gasteiger partial charge >= 0.3 is 11.9 Å². The second-order valence-corrected chi connectivity index (χ2v) is 11.8. The molecule has 48 heavy (non-hydrogen) atoms. The predicted octanol–water partition coefficient (Wildman–Crippen LogP) is 5.31. The molecule has 0 fully saturated rings. The van der Waals surface area contributed by atoms with E-state index in [2.05, 4.69) is 0 Å². The Balaban J connectivity index is 1.53. The van der Waals surface area contributed by atoms with Crippen LogP contribution in [0.2, 0.25) is 0 Å². The second kappa shape index (κ2) is 13.6. The lowest BCUT2D eigenvalue weighted by Gasteiger charge is -2.26. The van der Waals surface area contributed by atoms with Gasteiger partial charge in [-0.3, -0.25) is 9.36 Å². The highest BCUT2D eigenvalue weighted by molar-refractivity contribution is 7.07. The minimum Gasteiger partial charge on any atom is -0.493 e. The number of carbonyl (C=O) groups is 2. The number of nitrogens with zero attached hydrogens (tertiary/aromatic N) is 2. The molecule has 0 bridgehead atoms.